The minimum Gasteiger partial charge on any atom is -0.492 e. The second kappa shape index (κ2) is 13.1. The van der Waals surface area contributed by atoms with E-state index in [0.29, 0.717) is 28.6 Å². The predicted molar refractivity (Wildman–Crippen MR) is 160 cm³/mol. The summed E-state index contributed by atoms with van der Waals surface area (Å²) in [7, 11) is 0. The van der Waals surface area contributed by atoms with Gasteiger partial charge in [-0.3, -0.25) is 4.79 Å². The van der Waals surface area contributed by atoms with Gasteiger partial charge < -0.3 is 14.0 Å². The van der Waals surface area contributed by atoms with Crippen LogP contribution in [0.3, 0.4) is 0 Å². The predicted octanol–water partition coefficient (Wildman–Crippen LogP) is 8.91. The molecule has 0 fully saturated rings. The molecule has 2 aromatic heterocycles. The van der Waals surface area contributed by atoms with Crippen LogP contribution in [0, 0.1) is 0 Å². The smallest absolute Gasteiger partial charge is 0.210 e. The van der Waals surface area contributed by atoms with Crippen molar-refractivity contribution in [2.24, 2.45) is 0 Å². The zero-order chi connectivity index (χ0) is 26.4. The summed E-state index contributed by atoms with van der Waals surface area (Å²) in [5, 5.41) is 0.440. The van der Waals surface area contributed by atoms with E-state index >= 15 is 0 Å². The number of carbonyl (C=O) groups is 1. The molecule has 0 unspecified atom stereocenters. The summed E-state index contributed by atoms with van der Waals surface area (Å²) in [6, 6.07) is 19.2. The fourth-order valence-corrected chi connectivity index (χ4v) is 5.85. The first-order valence-electron chi connectivity index (χ1n) is 12.7. The topological polar surface area (TPSA) is 34.0 Å². The highest BCUT2D eigenvalue weighted by Crippen LogP contribution is 2.39. The highest BCUT2D eigenvalue weighted by atomic mass is 79.9. The van der Waals surface area contributed by atoms with Crippen molar-refractivity contribution in [1.29, 1.82) is 0 Å². The van der Waals surface area contributed by atoms with E-state index in [0.717, 1.165) is 64.5 Å². The second-order valence-electron chi connectivity index (χ2n) is 9.02. The first kappa shape index (κ1) is 27.9. The van der Waals surface area contributed by atoms with E-state index in [1.807, 2.05) is 53.1 Å². The summed E-state index contributed by atoms with van der Waals surface area (Å²) in [5.74, 6) is 0.498. The van der Waals surface area contributed by atoms with Gasteiger partial charge in [0.2, 0.25) is 5.78 Å². The van der Waals surface area contributed by atoms with Crippen molar-refractivity contribution in [3.8, 4) is 16.9 Å². The normalized spacial score (nSPS) is 11.4. The molecule has 0 saturated carbocycles. The standard InChI is InChI=1S/C30H31Br2ClN2O2/c1-3-15-34(16-4-2)17-7-19-37-26-14-11-22(20-24(26)33)30(36)29-27(21-9-12-23(31)13-10-21)28(32)25-8-5-6-18-35(25)29/h5-6,8-14,18,20H,3-4,7,15-17,19H2,1-2H3. The summed E-state index contributed by atoms with van der Waals surface area (Å²) >= 11 is 13.8. The largest absolute Gasteiger partial charge is 0.492 e. The van der Waals surface area contributed by atoms with Crippen molar-refractivity contribution in [3.63, 3.8) is 0 Å². The molecule has 0 amide bonds. The number of hydrogen-bond donors (Lipinski definition) is 0. The molecule has 4 nitrogen and oxygen atoms in total. The molecule has 0 atom stereocenters. The van der Waals surface area contributed by atoms with Gasteiger partial charge in [-0.1, -0.05) is 59.6 Å². The van der Waals surface area contributed by atoms with Crippen LogP contribution < -0.4 is 4.74 Å². The van der Waals surface area contributed by atoms with Crippen molar-refractivity contribution in [1.82, 2.24) is 9.30 Å². The molecule has 0 saturated heterocycles. The van der Waals surface area contributed by atoms with Crippen molar-refractivity contribution >= 4 is 54.8 Å². The van der Waals surface area contributed by atoms with Gasteiger partial charge in [-0.05, 0) is 96.3 Å². The van der Waals surface area contributed by atoms with Crippen LogP contribution in [0.15, 0.2) is 75.8 Å². The van der Waals surface area contributed by atoms with E-state index in [2.05, 4.69) is 50.6 Å². The summed E-state index contributed by atoms with van der Waals surface area (Å²) in [6.07, 6.45) is 5.14. The third-order valence-electron chi connectivity index (χ3n) is 6.28. The summed E-state index contributed by atoms with van der Waals surface area (Å²) in [4.78, 5) is 16.4. The Morgan fingerprint density at radius 1 is 0.973 bits per heavy atom. The van der Waals surface area contributed by atoms with Gasteiger partial charge in [0.1, 0.15) is 11.4 Å². The Kier molecular flexibility index (Phi) is 9.88. The lowest BCUT2D eigenvalue weighted by molar-refractivity contribution is 0.103. The Balaban J connectivity index is 1.57. The van der Waals surface area contributed by atoms with Crippen molar-refractivity contribution in [2.75, 3.05) is 26.2 Å². The Bertz CT molecular complexity index is 1360. The molecule has 0 bridgehead atoms. The van der Waals surface area contributed by atoms with E-state index in [9.17, 15) is 4.79 Å². The first-order chi connectivity index (χ1) is 17.9. The number of halogens is 3. The van der Waals surface area contributed by atoms with Crippen LogP contribution in [0.1, 0.15) is 49.2 Å². The Morgan fingerprint density at radius 3 is 2.38 bits per heavy atom. The number of carbonyl (C=O) groups excluding carboxylic acids is 1. The molecule has 0 aliphatic carbocycles. The molecule has 194 valence electrons. The third kappa shape index (κ3) is 6.48. The molecule has 4 rings (SSSR count). The number of ether oxygens (including phenoxy) is 1. The van der Waals surface area contributed by atoms with E-state index < -0.39 is 0 Å². The maximum atomic E-state index is 13.9. The molecule has 7 heteroatoms. The number of rotatable bonds is 12. The molecule has 2 heterocycles. The first-order valence-corrected chi connectivity index (χ1v) is 14.6. The van der Waals surface area contributed by atoms with E-state index in [-0.39, 0.29) is 5.78 Å². The fraction of sp³-hybridized carbons (Fsp3) is 0.300. The summed E-state index contributed by atoms with van der Waals surface area (Å²) < 4.78 is 9.77. The zero-order valence-corrected chi connectivity index (χ0v) is 25.1. The van der Waals surface area contributed by atoms with Gasteiger partial charge in [-0.15, -0.1) is 0 Å². The van der Waals surface area contributed by atoms with Crippen LogP contribution in [0.2, 0.25) is 5.02 Å². The average Bonchev–Trinajstić information content (AvgIpc) is 3.20. The Labute approximate surface area is 240 Å². The van der Waals surface area contributed by atoms with Crippen molar-refractivity contribution in [2.45, 2.75) is 33.1 Å². The maximum absolute atomic E-state index is 13.9. The lowest BCUT2D eigenvalue weighted by Gasteiger charge is -2.20. The number of nitrogens with zero attached hydrogens (tertiary/aromatic N) is 2. The van der Waals surface area contributed by atoms with Crippen molar-refractivity contribution in [3.05, 3.63) is 92.1 Å². The van der Waals surface area contributed by atoms with Gasteiger partial charge in [0, 0.05) is 28.3 Å². The molecule has 0 aliphatic heterocycles. The minimum atomic E-state index is -0.104. The lowest BCUT2D eigenvalue weighted by atomic mass is 10.00. The van der Waals surface area contributed by atoms with Crippen LogP contribution >= 0.6 is 43.5 Å². The summed E-state index contributed by atoms with van der Waals surface area (Å²) in [6.45, 7) is 8.22. The van der Waals surface area contributed by atoms with Gasteiger partial charge in [0.25, 0.3) is 0 Å². The van der Waals surface area contributed by atoms with E-state index in [1.54, 1.807) is 18.2 Å². The summed E-state index contributed by atoms with van der Waals surface area (Å²) in [5.41, 5.74) is 3.83. The molecule has 0 N–H and O–H groups in total. The molecular weight excluding hydrogens is 616 g/mol. The second-order valence-corrected chi connectivity index (χ2v) is 11.1. The Hall–Kier alpha value is -2.12. The monoisotopic (exact) mass is 644 g/mol. The number of pyridine rings is 1. The molecule has 0 radical (unpaired) electrons. The number of ketones is 1. The maximum Gasteiger partial charge on any atom is 0.210 e. The van der Waals surface area contributed by atoms with E-state index in [1.165, 1.54) is 0 Å². The number of fused-ring (bicyclic) bond motifs is 1. The van der Waals surface area contributed by atoms with Crippen LogP contribution in [0.5, 0.6) is 5.75 Å². The van der Waals surface area contributed by atoms with Crippen molar-refractivity contribution < 1.29 is 9.53 Å². The van der Waals surface area contributed by atoms with Gasteiger partial charge >= 0.3 is 0 Å². The van der Waals surface area contributed by atoms with Crippen LogP contribution in [0.4, 0.5) is 0 Å². The lowest BCUT2D eigenvalue weighted by Crippen LogP contribution is -2.27. The highest BCUT2D eigenvalue weighted by molar-refractivity contribution is 9.11. The van der Waals surface area contributed by atoms with Gasteiger partial charge in [0.15, 0.2) is 0 Å². The van der Waals surface area contributed by atoms with Gasteiger partial charge in [0.05, 0.1) is 21.6 Å². The molecule has 37 heavy (non-hydrogen) atoms. The van der Waals surface area contributed by atoms with Crippen LogP contribution in [0.25, 0.3) is 16.6 Å². The minimum absolute atomic E-state index is 0.104. The fourth-order valence-electron chi connectivity index (χ4n) is 4.61. The number of benzene rings is 2. The zero-order valence-electron chi connectivity index (χ0n) is 21.1. The number of aromatic nitrogens is 1. The molecule has 0 aliphatic rings. The molecule has 2 aromatic carbocycles. The highest BCUT2D eigenvalue weighted by Gasteiger charge is 2.24. The van der Waals surface area contributed by atoms with Crippen LogP contribution in [-0.2, 0) is 0 Å². The van der Waals surface area contributed by atoms with Gasteiger partial charge in [-0.2, -0.15) is 0 Å². The number of hydrogen-bond acceptors (Lipinski definition) is 3. The molecular formula is C30H31Br2ClN2O2. The average molecular weight is 647 g/mol. The van der Waals surface area contributed by atoms with E-state index in [4.69, 9.17) is 16.3 Å². The van der Waals surface area contributed by atoms with Gasteiger partial charge in [-0.25, -0.2) is 0 Å². The SMILES string of the molecule is CCCN(CCC)CCCOc1ccc(C(=O)c2c(-c3ccc(Br)cc3)c(Br)c3ccccn23)cc1Cl. The molecule has 4 aromatic rings. The molecule has 0 spiro atoms. The quantitative estimate of drug-likeness (QED) is 0.114. The third-order valence-corrected chi connectivity index (χ3v) is 7.91. The Morgan fingerprint density at radius 2 is 1.70 bits per heavy atom. The van der Waals surface area contributed by atoms with Crippen LogP contribution in [-0.4, -0.2) is 41.3 Å².